The first-order chi connectivity index (χ1) is 8.72. The van der Waals surface area contributed by atoms with Crippen LogP contribution in [0, 0.1) is 0 Å². The second-order valence-electron chi connectivity index (χ2n) is 2.65. The summed E-state index contributed by atoms with van der Waals surface area (Å²) in [4.78, 5) is 25.9. The van der Waals surface area contributed by atoms with Crippen molar-refractivity contribution in [1.82, 2.24) is 9.97 Å². The topological polar surface area (TPSA) is 100 Å². The SMILES string of the molecule is O=C(O)c1ccccn1.O=CO.c1ccncc1. The summed E-state index contributed by atoms with van der Waals surface area (Å²) in [7, 11) is 0. The standard InChI is InChI=1S/C6H5NO2.C5H5N.CH2O2/c8-6(9)5-3-1-2-4-7-5;1-2-4-6-5-3-1;2-1-3/h1-4H,(H,8,9);1-5H;1H,(H,2,3). The lowest BCUT2D eigenvalue weighted by atomic mass is 10.4. The molecule has 2 aromatic rings. The van der Waals surface area contributed by atoms with Gasteiger partial charge in [-0.2, -0.15) is 0 Å². The summed E-state index contributed by atoms with van der Waals surface area (Å²) in [6, 6.07) is 10.5. The van der Waals surface area contributed by atoms with Crippen molar-refractivity contribution in [3.8, 4) is 0 Å². The van der Waals surface area contributed by atoms with E-state index in [4.69, 9.17) is 15.0 Å². The van der Waals surface area contributed by atoms with Gasteiger partial charge in [0.15, 0.2) is 0 Å². The van der Waals surface area contributed by atoms with Gasteiger partial charge in [0, 0.05) is 18.6 Å². The Balaban J connectivity index is 0.000000278. The summed E-state index contributed by atoms with van der Waals surface area (Å²) in [5.41, 5.74) is 0.0810. The quantitative estimate of drug-likeness (QED) is 0.743. The molecule has 0 spiro atoms. The van der Waals surface area contributed by atoms with Crippen LogP contribution in [0.1, 0.15) is 10.5 Å². The summed E-state index contributed by atoms with van der Waals surface area (Å²) < 4.78 is 0. The fourth-order valence-corrected chi connectivity index (χ4v) is 0.802. The number of aromatic carboxylic acids is 1. The number of pyridine rings is 2. The molecular weight excluding hydrogens is 236 g/mol. The minimum absolute atomic E-state index is 0.0810. The van der Waals surface area contributed by atoms with Gasteiger partial charge in [-0.05, 0) is 24.3 Å². The Bertz CT molecular complexity index is 408. The number of nitrogens with zero attached hydrogens (tertiary/aromatic N) is 2. The molecule has 0 amide bonds. The summed E-state index contributed by atoms with van der Waals surface area (Å²) in [6.45, 7) is -0.250. The third kappa shape index (κ3) is 8.54. The molecule has 0 saturated heterocycles. The molecule has 2 rings (SSSR count). The third-order valence-electron chi connectivity index (χ3n) is 1.45. The van der Waals surface area contributed by atoms with Gasteiger partial charge in [-0.15, -0.1) is 0 Å². The molecule has 0 aromatic carbocycles. The van der Waals surface area contributed by atoms with E-state index in [-0.39, 0.29) is 12.2 Å². The van der Waals surface area contributed by atoms with E-state index in [2.05, 4.69) is 9.97 Å². The van der Waals surface area contributed by atoms with Crippen LogP contribution < -0.4 is 0 Å². The lowest BCUT2D eigenvalue weighted by Gasteiger charge is -1.87. The summed E-state index contributed by atoms with van der Waals surface area (Å²) in [5, 5.41) is 15.2. The van der Waals surface area contributed by atoms with E-state index in [1.807, 2.05) is 18.2 Å². The van der Waals surface area contributed by atoms with Gasteiger partial charge < -0.3 is 10.2 Å². The van der Waals surface area contributed by atoms with Gasteiger partial charge in [-0.3, -0.25) is 9.78 Å². The molecule has 94 valence electrons. The Kier molecular flexibility index (Phi) is 9.10. The fraction of sp³-hybridized carbons (Fsp3) is 0. The lowest BCUT2D eigenvalue weighted by Crippen LogP contribution is -1.97. The van der Waals surface area contributed by atoms with E-state index in [1.54, 1.807) is 24.5 Å². The average Bonchev–Trinajstić information content (AvgIpc) is 2.43. The summed E-state index contributed by atoms with van der Waals surface area (Å²) in [5.74, 6) is -0.990. The van der Waals surface area contributed by atoms with E-state index in [9.17, 15) is 4.79 Å². The zero-order valence-corrected chi connectivity index (χ0v) is 9.38. The van der Waals surface area contributed by atoms with Crippen molar-refractivity contribution >= 4 is 12.4 Å². The number of carbonyl (C=O) groups is 2. The lowest BCUT2D eigenvalue weighted by molar-refractivity contribution is -0.122. The summed E-state index contributed by atoms with van der Waals surface area (Å²) >= 11 is 0. The zero-order valence-electron chi connectivity index (χ0n) is 9.38. The first-order valence-electron chi connectivity index (χ1n) is 4.79. The third-order valence-corrected chi connectivity index (χ3v) is 1.45. The van der Waals surface area contributed by atoms with Crippen molar-refractivity contribution < 1.29 is 19.8 Å². The highest BCUT2D eigenvalue weighted by molar-refractivity contribution is 5.85. The van der Waals surface area contributed by atoms with Crippen LogP contribution in [0.4, 0.5) is 0 Å². The highest BCUT2D eigenvalue weighted by atomic mass is 16.4. The molecule has 6 nitrogen and oxygen atoms in total. The molecule has 0 fully saturated rings. The maximum atomic E-state index is 10.1. The van der Waals surface area contributed by atoms with Crippen LogP contribution in [0.3, 0.4) is 0 Å². The minimum Gasteiger partial charge on any atom is -0.483 e. The highest BCUT2D eigenvalue weighted by Gasteiger charge is 1.98. The molecule has 6 heteroatoms. The second kappa shape index (κ2) is 10.7. The Morgan fingerprint density at radius 2 is 1.61 bits per heavy atom. The first-order valence-corrected chi connectivity index (χ1v) is 4.79. The van der Waals surface area contributed by atoms with Crippen molar-refractivity contribution in [2.75, 3.05) is 0 Å². The maximum absolute atomic E-state index is 10.1. The molecule has 2 aromatic heterocycles. The van der Waals surface area contributed by atoms with Crippen LogP contribution in [0.25, 0.3) is 0 Å². The van der Waals surface area contributed by atoms with Crippen molar-refractivity contribution in [3.05, 3.63) is 60.7 Å². The van der Waals surface area contributed by atoms with E-state index in [1.165, 1.54) is 12.3 Å². The molecule has 0 aliphatic heterocycles. The minimum atomic E-state index is -0.990. The molecule has 0 aliphatic rings. The average molecular weight is 248 g/mol. The molecule has 2 N–H and O–H groups in total. The van der Waals surface area contributed by atoms with E-state index in [0.717, 1.165) is 0 Å². The van der Waals surface area contributed by atoms with Gasteiger partial charge in [0.25, 0.3) is 6.47 Å². The molecule has 0 atom stereocenters. The van der Waals surface area contributed by atoms with Crippen molar-refractivity contribution in [2.24, 2.45) is 0 Å². The largest absolute Gasteiger partial charge is 0.483 e. The first kappa shape index (κ1) is 15.2. The van der Waals surface area contributed by atoms with Gasteiger partial charge in [0.05, 0.1) is 0 Å². The summed E-state index contributed by atoms with van der Waals surface area (Å²) in [6.07, 6.45) is 4.95. The normalized spacial score (nSPS) is 7.78. The number of aromatic nitrogens is 2. The van der Waals surface area contributed by atoms with E-state index in [0.29, 0.717) is 0 Å². The molecular formula is C12H12N2O4. The van der Waals surface area contributed by atoms with Gasteiger partial charge in [0.1, 0.15) is 5.69 Å². The number of carboxylic acids is 1. The van der Waals surface area contributed by atoms with Gasteiger partial charge in [-0.25, -0.2) is 9.78 Å². The Morgan fingerprint density at radius 1 is 1.06 bits per heavy atom. The Morgan fingerprint density at radius 3 is 1.83 bits per heavy atom. The van der Waals surface area contributed by atoms with Crippen molar-refractivity contribution in [3.63, 3.8) is 0 Å². The van der Waals surface area contributed by atoms with Gasteiger partial charge >= 0.3 is 5.97 Å². The van der Waals surface area contributed by atoms with Crippen LogP contribution in [0.2, 0.25) is 0 Å². The highest BCUT2D eigenvalue weighted by Crippen LogP contribution is 1.90. The van der Waals surface area contributed by atoms with E-state index < -0.39 is 5.97 Å². The molecule has 0 saturated carbocycles. The Hall–Kier alpha value is -2.76. The molecule has 0 aliphatic carbocycles. The number of hydrogen-bond acceptors (Lipinski definition) is 4. The van der Waals surface area contributed by atoms with Crippen LogP contribution in [0.15, 0.2) is 55.0 Å². The predicted molar refractivity (Wildman–Crippen MR) is 64.1 cm³/mol. The number of hydrogen-bond donors (Lipinski definition) is 2. The smallest absolute Gasteiger partial charge is 0.354 e. The molecule has 18 heavy (non-hydrogen) atoms. The van der Waals surface area contributed by atoms with Crippen molar-refractivity contribution in [1.29, 1.82) is 0 Å². The van der Waals surface area contributed by atoms with E-state index >= 15 is 0 Å². The monoisotopic (exact) mass is 248 g/mol. The number of carboxylic acid groups (broad SMARTS) is 2. The predicted octanol–water partition coefficient (Wildman–Crippen LogP) is 1.56. The molecule has 0 radical (unpaired) electrons. The van der Waals surface area contributed by atoms with Crippen molar-refractivity contribution in [2.45, 2.75) is 0 Å². The molecule has 0 unspecified atom stereocenters. The zero-order chi connectivity index (χ0) is 13.6. The van der Waals surface area contributed by atoms with Crippen LogP contribution >= 0.6 is 0 Å². The van der Waals surface area contributed by atoms with Gasteiger partial charge in [0.2, 0.25) is 0 Å². The molecule has 0 bridgehead atoms. The number of rotatable bonds is 1. The Labute approximate surface area is 104 Å². The maximum Gasteiger partial charge on any atom is 0.354 e. The van der Waals surface area contributed by atoms with Crippen LogP contribution in [0.5, 0.6) is 0 Å². The van der Waals surface area contributed by atoms with Crippen LogP contribution in [-0.4, -0.2) is 32.6 Å². The fourth-order valence-electron chi connectivity index (χ4n) is 0.802. The second-order valence-corrected chi connectivity index (χ2v) is 2.65. The molecule has 2 heterocycles. The van der Waals surface area contributed by atoms with Crippen LogP contribution in [-0.2, 0) is 4.79 Å². The van der Waals surface area contributed by atoms with Gasteiger partial charge in [-0.1, -0.05) is 12.1 Å².